The van der Waals surface area contributed by atoms with Gasteiger partial charge < -0.3 is 4.90 Å². The molecule has 0 saturated heterocycles. The molecule has 0 amide bonds. The zero-order chi connectivity index (χ0) is 27.4. The summed E-state index contributed by atoms with van der Waals surface area (Å²) in [5.74, 6) is 0.458. The lowest BCUT2D eigenvalue weighted by Gasteiger charge is -2.28. The Morgan fingerprint density at radius 3 is 2.38 bits per heavy atom. The van der Waals surface area contributed by atoms with E-state index in [2.05, 4.69) is 23.8 Å². The van der Waals surface area contributed by atoms with Crippen molar-refractivity contribution in [1.29, 1.82) is 0 Å². The van der Waals surface area contributed by atoms with E-state index in [-0.39, 0.29) is 23.8 Å². The van der Waals surface area contributed by atoms with Crippen molar-refractivity contribution >= 4 is 38.6 Å². The van der Waals surface area contributed by atoms with Gasteiger partial charge in [0, 0.05) is 41.5 Å². The van der Waals surface area contributed by atoms with Crippen molar-refractivity contribution in [1.82, 2.24) is 14.9 Å². The average molecular weight is 575 g/mol. The van der Waals surface area contributed by atoms with Crippen molar-refractivity contribution in [2.75, 3.05) is 30.5 Å². The molecule has 0 radical (unpaired) electrons. The largest absolute Gasteiger partial charge is 0.516 e. The number of rotatable bonds is 11. The molecule has 2 heterocycles. The van der Waals surface area contributed by atoms with Crippen molar-refractivity contribution in [2.24, 2.45) is 5.92 Å². The van der Waals surface area contributed by atoms with Gasteiger partial charge in [0.1, 0.15) is 5.01 Å². The number of sulfonamides is 1. The molecule has 2 aromatic heterocycles. The van der Waals surface area contributed by atoms with Crippen LogP contribution < -0.4 is 4.31 Å². The van der Waals surface area contributed by atoms with E-state index in [0.29, 0.717) is 34.6 Å². The Kier molecular flexibility index (Phi) is 9.60. The van der Waals surface area contributed by atoms with Crippen LogP contribution in [0.5, 0.6) is 0 Å². The lowest BCUT2D eigenvalue weighted by Crippen LogP contribution is -2.44. The minimum absolute atomic E-state index is 0.106. The Balaban J connectivity index is 1.93. The van der Waals surface area contributed by atoms with Gasteiger partial charge in [-0.2, -0.15) is 21.6 Å². The molecular formula is C25H30ClF3N4O2S2. The van der Waals surface area contributed by atoms with E-state index in [1.54, 1.807) is 6.20 Å². The molecular weight excluding hydrogens is 545 g/mol. The number of alkyl halides is 3. The summed E-state index contributed by atoms with van der Waals surface area (Å²) in [5, 5.41) is 2.67. The fraction of sp³-hybridized carbons (Fsp3) is 0.440. The normalized spacial score (nSPS) is 12.5. The standard InChI is InChI=1S/C25H30ClF3N4O2S2/c1-5-32(6-2)11-12-33(37(34,35)25(27,28)29)20-7-8-21(22(26)15-20)23-16-36-24(31-23)18-9-10-30-19(14-18)13-17(3)4/h7-10,14-17H,5-6,11-13H2,1-4H3. The second-order valence-corrected chi connectivity index (χ2v) is 12.0. The first-order valence-electron chi connectivity index (χ1n) is 11.9. The second-order valence-electron chi connectivity index (χ2n) is 8.89. The molecule has 0 unspecified atom stereocenters. The fourth-order valence-corrected chi connectivity index (χ4v) is 5.87. The van der Waals surface area contributed by atoms with E-state index in [0.717, 1.165) is 22.7 Å². The van der Waals surface area contributed by atoms with Crippen LogP contribution in [0.15, 0.2) is 41.9 Å². The van der Waals surface area contributed by atoms with Gasteiger partial charge in [0.2, 0.25) is 0 Å². The molecule has 0 atom stereocenters. The molecule has 0 N–H and O–H groups in total. The average Bonchev–Trinajstić information content (AvgIpc) is 3.31. The predicted octanol–water partition coefficient (Wildman–Crippen LogP) is 6.72. The summed E-state index contributed by atoms with van der Waals surface area (Å²) in [4.78, 5) is 10.9. The van der Waals surface area contributed by atoms with Crippen LogP contribution in [0.4, 0.5) is 18.9 Å². The smallest absolute Gasteiger partial charge is 0.302 e. The summed E-state index contributed by atoms with van der Waals surface area (Å²) < 4.78 is 65.6. The van der Waals surface area contributed by atoms with Gasteiger partial charge in [0.15, 0.2) is 0 Å². The molecule has 3 aromatic rings. The van der Waals surface area contributed by atoms with Gasteiger partial charge in [-0.25, -0.2) is 4.98 Å². The zero-order valence-corrected chi connectivity index (χ0v) is 23.5. The molecule has 0 fully saturated rings. The molecule has 0 aliphatic heterocycles. The number of halogens is 4. The zero-order valence-electron chi connectivity index (χ0n) is 21.1. The lowest BCUT2D eigenvalue weighted by atomic mass is 10.1. The molecule has 202 valence electrons. The maximum Gasteiger partial charge on any atom is 0.516 e. The van der Waals surface area contributed by atoms with Crippen molar-refractivity contribution in [3.05, 3.63) is 52.6 Å². The van der Waals surface area contributed by atoms with Gasteiger partial charge in [-0.1, -0.05) is 39.3 Å². The highest BCUT2D eigenvalue weighted by molar-refractivity contribution is 7.93. The highest BCUT2D eigenvalue weighted by Crippen LogP contribution is 2.37. The summed E-state index contributed by atoms with van der Waals surface area (Å²) in [6.45, 7) is 8.90. The van der Waals surface area contributed by atoms with Crippen LogP contribution in [0.1, 0.15) is 33.4 Å². The summed E-state index contributed by atoms with van der Waals surface area (Å²) >= 11 is 7.88. The third-order valence-corrected chi connectivity index (χ3v) is 8.56. The van der Waals surface area contributed by atoms with Gasteiger partial charge in [-0.05, 0) is 55.8 Å². The first-order valence-corrected chi connectivity index (χ1v) is 14.6. The first kappa shape index (κ1) is 29.3. The van der Waals surface area contributed by atoms with Gasteiger partial charge in [-0.3, -0.25) is 9.29 Å². The minimum Gasteiger partial charge on any atom is -0.302 e. The molecule has 0 saturated carbocycles. The second kappa shape index (κ2) is 12.1. The number of pyridine rings is 1. The summed E-state index contributed by atoms with van der Waals surface area (Å²) in [6.07, 6.45) is 2.58. The molecule has 6 nitrogen and oxygen atoms in total. The van der Waals surface area contributed by atoms with Crippen molar-refractivity contribution in [2.45, 2.75) is 39.6 Å². The summed E-state index contributed by atoms with van der Waals surface area (Å²) in [5.41, 5.74) is -2.67. The number of likely N-dealkylation sites (N-methyl/N-ethyl adjacent to an activating group) is 1. The Labute approximate surface area is 225 Å². The lowest BCUT2D eigenvalue weighted by molar-refractivity contribution is -0.0438. The number of hydrogen-bond donors (Lipinski definition) is 0. The topological polar surface area (TPSA) is 66.4 Å². The summed E-state index contributed by atoms with van der Waals surface area (Å²) in [7, 11) is -5.61. The third kappa shape index (κ3) is 7.01. The Morgan fingerprint density at radius 1 is 1.08 bits per heavy atom. The predicted molar refractivity (Wildman–Crippen MR) is 144 cm³/mol. The van der Waals surface area contributed by atoms with Crippen LogP contribution >= 0.6 is 22.9 Å². The molecule has 12 heteroatoms. The minimum atomic E-state index is -5.61. The van der Waals surface area contributed by atoms with E-state index in [9.17, 15) is 21.6 Å². The Morgan fingerprint density at radius 2 is 1.78 bits per heavy atom. The van der Waals surface area contributed by atoms with E-state index in [1.807, 2.05) is 36.3 Å². The molecule has 0 bridgehead atoms. The number of nitrogens with zero attached hydrogens (tertiary/aromatic N) is 4. The maximum absolute atomic E-state index is 13.5. The maximum atomic E-state index is 13.5. The van der Waals surface area contributed by atoms with Crippen molar-refractivity contribution in [3.8, 4) is 21.8 Å². The van der Waals surface area contributed by atoms with Crippen LogP contribution in [-0.4, -0.2) is 55.0 Å². The quantitative estimate of drug-likeness (QED) is 0.254. The SMILES string of the molecule is CCN(CC)CCN(c1ccc(-c2csc(-c3ccnc(CC(C)C)c3)n2)c(Cl)c1)S(=O)(=O)C(F)(F)F. The van der Waals surface area contributed by atoms with Crippen LogP contribution in [0, 0.1) is 5.92 Å². The van der Waals surface area contributed by atoms with Crippen molar-refractivity contribution in [3.63, 3.8) is 0 Å². The van der Waals surface area contributed by atoms with E-state index in [4.69, 9.17) is 11.6 Å². The number of aromatic nitrogens is 2. The van der Waals surface area contributed by atoms with Gasteiger partial charge in [-0.15, -0.1) is 11.3 Å². The van der Waals surface area contributed by atoms with E-state index in [1.165, 1.54) is 29.5 Å². The monoisotopic (exact) mass is 574 g/mol. The van der Waals surface area contributed by atoms with Crippen molar-refractivity contribution < 1.29 is 21.6 Å². The number of hydrogen-bond acceptors (Lipinski definition) is 6. The summed E-state index contributed by atoms with van der Waals surface area (Å²) in [6, 6.07) is 7.94. The highest BCUT2D eigenvalue weighted by Gasteiger charge is 2.50. The Bertz CT molecular complexity index is 1310. The molecule has 37 heavy (non-hydrogen) atoms. The fourth-order valence-electron chi connectivity index (χ4n) is 3.82. The molecule has 3 rings (SSSR count). The van der Waals surface area contributed by atoms with E-state index >= 15 is 0 Å². The van der Waals surface area contributed by atoms with Crippen LogP contribution in [0.2, 0.25) is 5.02 Å². The van der Waals surface area contributed by atoms with Gasteiger partial charge >= 0.3 is 15.5 Å². The number of benzene rings is 1. The van der Waals surface area contributed by atoms with Gasteiger partial charge in [0.25, 0.3) is 0 Å². The Hall–Kier alpha value is -2.21. The van der Waals surface area contributed by atoms with Crippen LogP contribution in [0.25, 0.3) is 21.8 Å². The van der Waals surface area contributed by atoms with E-state index < -0.39 is 15.5 Å². The van der Waals surface area contributed by atoms with Gasteiger partial charge in [0.05, 0.1) is 16.4 Å². The number of anilines is 1. The molecule has 1 aromatic carbocycles. The highest BCUT2D eigenvalue weighted by atomic mass is 35.5. The molecule has 0 spiro atoms. The molecule has 0 aliphatic rings. The third-order valence-electron chi connectivity index (χ3n) is 5.80. The first-order chi connectivity index (χ1) is 17.4. The van der Waals surface area contributed by atoms with Crippen LogP contribution in [-0.2, 0) is 16.4 Å². The molecule has 0 aliphatic carbocycles. The number of thiazole rings is 1. The van der Waals surface area contributed by atoms with Crippen LogP contribution in [0.3, 0.4) is 0 Å².